The highest BCUT2D eigenvalue weighted by molar-refractivity contribution is 7.98. The lowest BCUT2D eigenvalue weighted by molar-refractivity contribution is -0.149. The molecule has 17 atom stereocenters. The molecule has 19 amide bonds. The first-order chi connectivity index (χ1) is 67.9. The van der Waals surface area contributed by atoms with Gasteiger partial charge in [-0.15, -0.1) is 0 Å². The molecule has 0 radical (unpaired) electrons. The fourth-order valence-electron chi connectivity index (χ4n) is 16.6. The Kier molecular flexibility index (Phi) is 53.5. The van der Waals surface area contributed by atoms with Gasteiger partial charge in [0.05, 0.1) is 25.9 Å². The predicted octanol–water partition coefficient (Wildman–Crippen LogP) is -8.40. The van der Waals surface area contributed by atoms with E-state index < -0.39 is 302 Å². The number of guanidine groups is 2. The fourth-order valence-corrected chi connectivity index (χ4v) is 17.4. The number of likely N-dealkylation sites (tertiary alicyclic amines) is 4. The molecule has 0 aliphatic carbocycles. The SMILES string of the molecule is CSCC[C@H](NC(=O)[C@@H](NC(=O)[C@H](CC(=O)O)NC(=O)[C@H](CCCCN)NC(=O)[C@H](C)NC(=O)[C@@H]1CCCN1C(=O)[C@@H]1CCCN1C(=O)[C@H](CC(=O)O)NC(=O)[C@H](CCCNC(=N)N)NC(=O)CN)C(C)C)C(=O)N1CCC[C@H]1C(=O)NCC(=O)N1CCC[C@H]1C(=O)N[C@@H](CCCNC(=N)N)C(=O)N[C@@H](CCC(N)=O)C(=O)N[C@@H](CCC(=O)O)C(=O)N[C@@H](CC(C)C)C(=O)N[C@@H](CC(C)C)C(=O)N[C@@H](CS)C(=O)O. The summed E-state index contributed by atoms with van der Waals surface area (Å²) in [5.41, 5.74) is 27.6. The summed E-state index contributed by atoms with van der Waals surface area (Å²) < 4.78 is 0. The number of nitrogens with two attached hydrogens (primary N) is 5. The first-order valence-corrected chi connectivity index (χ1v) is 50.2. The maximum atomic E-state index is 14.8. The van der Waals surface area contributed by atoms with Crippen LogP contribution in [0.3, 0.4) is 0 Å². The van der Waals surface area contributed by atoms with Crippen molar-refractivity contribution < 1.29 is 131 Å². The summed E-state index contributed by atoms with van der Waals surface area (Å²) in [5.74, 6) is -25.8. The van der Waals surface area contributed by atoms with Gasteiger partial charge in [-0.3, -0.25) is 116 Å². The van der Waals surface area contributed by atoms with E-state index in [0.29, 0.717) is 6.42 Å². The zero-order valence-electron chi connectivity index (χ0n) is 82.5. The molecule has 4 fully saturated rings. The van der Waals surface area contributed by atoms with Gasteiger partial charge in [0, 0.05) is 57.9 Å². The van der Waals surface area contributed by atoms with Crippen molar-refractivity contribution in [2.45, 2.75) is 305 Å². The molecule has 32 N–H and O–H groups in total. The molecule has 56 heteroatoms. The van der Waals surface area contributed by atoms with E-state index in [0.717, 1.165) is 9.80 Å². The topological polar surface area (TPSA) is 857 Å². The largest absolute Gasteiger partial charge is 0.481 e. The molecule has 54 nitrogen and oxygen atoms in total. The molecular weight excluding hydrogens is 1930 g/mol. The van der Waals surface area contributed by atoms with Crippen LogP contribution in [0.1, 0.15) is 203 Å². The lowest BCUT2D eigenvalue weighted by Gasteiger charge is -2.33. The standard InChI is InChI=1S/C88H147N27O27S2/c1-44(2)37-54(76(131)107-55(38-45(3)4)77(132)110-58(43-143)86(141)142)106-75(130)52(25-27-66(119)120)103-74(129)51(24-26-63(91)116)102-72(127)50(19-12-31-97-88(94)95)104-81(136)60-21-13-32-112(60)65(118)42-98-79(134)59-20-14-33-113(59)83(138)53(28-36-144-8)105-82(137)69(46(5)6)111-78(133)56(39-67(121)122)108-73(128)49(17-9-10-29-89)101-70(125)47(7)99-80(135)61-22-15-34-114(61)85(140)62-23-16-35-115(62)84(139)57(40-68(123)124)109-71(126)48(100-64(117)41-90)18-11-30-96-87(92)93/h44-62,69,143H,9-43,89-90H2,1-8H3,(H2,91,116)(H,98,134)(H,99,135)(H,100,117)(H,101,125)(H,102,127)(H,103,129)(H,104,136)(H,105,137)(H,106,130)(H,107,131)(H,108,128)(H,109,126)(H,110,132)(H,111,133)(H,119,120)(H,121,122)(H,123,124)(H,141,142)(H4,92,93,96)(H4,94,95,97)/t47-,48-,49-,50-,51-,52-,53-,54-,55-,56-,57-,58-,59-,60-,61-,62-,69-/m0/s1. The van der Waals surface area contributed by atoms with Gasteiger partial charge in [0.2, 0.25) is 112 Å². The number of thiol groups is 1. The van der Waals surface area contributed by atoms with E-state index in [9.17, 15) is 131 Å². The molecule has 4 aliphatic rings. The summed E-state index contributed by atoms with van der Waals surface area (Å²) in [6.07, 6.45) is -1.44. The Morgan fingerprint density at radius 1 is 0.389 bits per heavy atom. The molecule has 0 spiro atoms. The van der Waals surface area contributed by atoms with Crippen LogP contribution in [0.2, 0.25) is 0 Å². The van der Waals surface area contributed by atoms with E-state index in [4.69, 9.17) is 39.5 Å². The molecule has 0 aromatic rings. The molecule has 4 aliphatic heterocycles. The Balaban J connectivity index is 1.48. The zero-order chi connectivity index (χ0) is 108. The van der Waals surface area contributed by atoms with Gasteiger partial charge in [-0.05, 0) is 172 Å². The number of primary amides is 1. The highest BCUT2D eigenvalue weighted by atomic mass is 32.2. The van der Waals surface area contributed by atoms with Crippen LogP contribution in [-0.4, -0.2) is 367 Å². The van der Waals surface area contributed by atoms with Crippen molar-refractivity contribution in [3.8, 4) is 0 Å². The van der Waals surface area contributed by atoms with Crippen molar-refractivity contribution in [1.82, 2.24) is 105 Å². The maximum Gasteiger partial charge on any atom is 0.327 e. The van der Waals surface area contributed by atoms with Crippen LogP contribution >= 0.6 is 24.4 Å². The van der Waals surface area contributed by atoms with Crippen LogP contribution in [0.25, 0.3) is 0 Å². The second-order valence-electron chi connectivity index (χ2n) is 36.9. The van der Waals surface area contributed by atoms with Crippen molar-refractivity contribution in [3.05, 3.63) is 0 Å². The van der Waals surface area contributed by atoms with E-state index >= 15 is 0 Å². The first kappa shape index (κ1) is 123. The molecule has 808 valence electrons. The third-order valence-electron chi connectivity index (χ3n) is 24.1. The van der Waals surface area contributed by atoms with Gasteiger partial charge in [-0.2, -0.15) is 24.4 Å². The van der Waals surface area contributed by atoms with Gasteiger partial charge in [-0.25, -0.2) is 4.79 Å². The third-order valence-corrected chi connectivity index (χ3v) is 25.1. The minimum atomic E-state index is -1.94. The number of carboxylic acids is 4. The second-order valence-corrected chi connectivity index (χ2v) is 38.2. The van der Waals surface area contributed by atoms with Crippen molar-refractivity contribution in [1.29, 1.82) is 10.8 Å². The molecule has 144 heavy (non-hydrogen) atoms. The lowest BCUT2D eigenvalue weighted by atomic mass is 9.99. The monoisotopic (exact) mass is 2080 g/mol. The van der Waals surface area contributed by atoms with Crippen LogP contribution in [0, 0.1) is 28.6 Å². The second kappa shape index (κ2) is 62.5. The minimum absolute atomic E-state index is 0.00557. The van der Waals surface area contributed by atoms with Gasteiger partial charge in [0.1, 0.15) is 103 Å². The number of rotatable bonds is 64. The van der Waals surface area contributed by atoms with Crippen LogP contribution in [0.15, 0.2) is 0 Å². The average Bonchev–Trinajstić information content (AvgIpc) is 1.65. The summed E-state index contributed by atoms with van der Waals surface area (Å²) in [7, 11) is 0. The molecule has 0 aromatic carbocycles. The number of nitrogens with one attached hydrogen (secondary N) is 18. The Hall–Kier alpha value is -13.0. The number of carbonyl (C=O) groups is 23. The van der Waals surface area contributed by atoms with Crippen molar-refractivity contribution in [3.63, 3.8) is 0 Å². The number of unbranched alkanes of at least 4 members (excludes halogenated alkanes) is 1. The van der Waals surface area contributed by atoms with E-state index in [1.807, 2.05) is 0 Å². The van der Waals surface area contributed by atoms with Crippen LogP contribution in [0.4, 0.5) is 0 Å². The fraction of sp³-hybridized carbons (Fsp3) is 0.716. The van der Waals surface area contributed by atoms with E-state index in [1.54, 1.807) is 34.0 Å². The zero-order valence-corrected chi connectivity index (χ0v) is 84.2. The number of hydrogen-bond acceptors (Lipinski definition) is 29. The lowest BCUT2D eigenvalue weighted by Crippen LogP contribution is -2.61. The molecule has 4 rings (SSSR count). The smallest absolute Gasteiger partial charge is 0.327 e. The van der Waals surface area contributed by atoms with Crippen molar-refractivity contribution in [2.24, 2.45) is 46.4 Å². The number of carbonyl (C=O) groups excluding carboxylic acids is 19. The Morgan fingerprint density at radius 2 is 0.778 bits per heavy atom. The molecule has 0 unspecified atom stereocenters. The third kappa shape index (κ3) is 41.7. The molecule has 4 heterocycles. The van der Waals surface area contributed by atoms with E-state index in [1.165, 1.54) is 42.3 Å². The molecule has 0 saturated carbocycles. The van der Waals surface area contributed by atoms with Gasteiger partial charge < -0.3 is 154 Å². The summed E-state index contributed by atoms with van der Waals surface area (Å²) in [6, 6.07) is -25.2. The van der Waals surface area contributed by atoms with Crippen LogP contribution in [0.5, 0.6) is 0 Å². The van der Waals surface area contributed by atoms with Gasteiger partial charge >= 0.3 is 23.9 Å². The molecule has 0 bridgehead atoms. The van der Waals surface area contributed by atoms with Crippen molar-refractivity contribution in [2.75, 3.05) is 76.7 Å². The van der Waals surface area contributed by atoms with Gasteiger partial charge in [0.25, 0.3) is 0 Å². The number of amides is 19. The Bertz CT molecular complexity index is 4540. The van der Waals surface area contributed by atoms with E-state index in [2.05, 4.69) is 97.7 Å². The van der Waals surface area contributed by atoms with Crippen LogP contribution in [-0.2, 0) is 110 Å². The summed E-state index contributed by atoms with van der Waals surface area (Å²) in [4.78, 5) is 320. The highest BCUT2D eigenvalue weighted by Gasteiger charge is 2.48. The average molecular weight is 2080 g/mol. The molecule has 4 saturated heterocycles. The number of aliphatic carboxylic acids is 4. The van der Waals surface area contributed by atoms with Gasteiger partial charge in [-0.1, -0.05) is 41.5 Å². The van der Waals surface area contributed by atoms with Gasteiger partial charge in [0.15, 0.2) is 11.9 Å². The number of nitrogens with zero attached hydrogens (tertiary/aromatic N) is 4. The highest BCUT2D eigenvalue weighted by Crippen LogP contribution is 2.28. The summed E-state index contributed by atoms with van der Waals surface area (Å²) >= 11 is 5.28. The molecule has 0 aromatic heterocycles. The number of carboxylic acid groups (broad SMARTS) is 4. The normalized spacial score (nSPS) is 18.1. The summed E-state index contributed by atoms with van der Waals surface area (Å²) in [5, 5.41) is 94.3. The quantitative estimate of drug-likeness (QED) is 0.0116. The van der Waals surface area contributed by atoms with Crippen molar-refractivity contribution >= 4 is 172 Å². The predicted molar refractivity (Wildman–Crippen MR) is 521 cm³/mol. The first-order valence-electron chi connectivity index (χ1n) is 48.1. The van der Waals surface area contributed by atoms with Crippen LogP contribution < -0.4 is 114 Å². The Morgan fingerprint density at radius 3 is 1.24 bits per heavy atom. The summed E-state index contributed by atoms with van der Waals surface area (Å²) in [6.45, 7) is 9.97. The van der Waals surface area contributed by atoms with E-state index in [-0.39, 0.29) is 184 Å². The Labute approximate surface area is 843 Å². The molecular formula is C88H147N27O27S2. The maximum absolute atomic E-state index is 14.8. The number of hydrogen-bond donors (Lipinski definition) is 28. The minimum Gasteiger partial charge on any atom is -0.481 e. The number of thioether (sulfide) groups is 1.